The third-order valence-corrected chi connectivity index (χ3v) is 1.72. The summed E-state index contributed by atoms with van der Waals surface area (Å²) in [7, 11) is 1.76. The normalized spacial score (nSPS) is 9.18. The highest BCUT2D eigenvalue weighted by Gasteiger charge is 2.05. The van der Waals surface area contributed by atoms with Crippen LogP contribution in [-0.4, -0.2) is 12.8 Å². The molecule has 0 bridgehead atoms. The average molecular weight is 185 g/mol. The predicted molar refractivity (Wildman–Crippen MR) is 47.2 cm³/mol. The van der Waals surface area contributed by atoms with Gasteiger partial charge in [-0.1, -0.05) is 28.7 Å². The van der Waals surface area contributed by atoms with Crippen LogP contribution in [0.25, 0.3) is 0 Å². The molecule has 0 amide bonds. The van der Waals surface area contributed by atoms with Gasteiger partial charge in [0.25, 0.3) is 0 Å². The van der Waals surface area contributed by atoms with Gasteiger partial charge in [-0.3, -0.25) is 0 Å². The second-order valence-electron chi connectivity index (χ2n) is 2.04. The highest BCUT2D eigenvalue weighted by molar-refractivity contribution is 6.40. The van der Waals surface area contributed by atoms with Crippen LogP contribution in [-0.2, 0) is 0 Å². The fraction of sp³-hybridized carbons (Fsp3) is 0. The van der Waals surface area contributed by atoms with Gasteiger partial charge in [0.1, 0.15) is 24.2 Å². The minimum atomic E-state index is 0.164. The largest absolute Gasteiger partial charge is 0.223 e. The lowest BCUT2D eigenvalue weighted by Crippen LogP contribution is -2.09. The van der Waals surface area contributed by atoms with Crippen molar-refractivity contribution in [1.82, 2.24) is 4.98 Å². The van der Waals surface area contributed by atoms with Gasteiger partial charge in [-0.25, -0.2) is 4.98 Å². The van der Waals surface area contributed by atoms with Crippen molar-refractivity contribution < 1.29 is 0 Å². The van der Waals surface area contributed by atoms with Crippen LogP contribution in [0.2, 0.25) is 10.3 Å². The van der Waals surface area contributed by atoms with Crippen LogP contribution in [0.3, 0.4) is 0 Å². The number of halogens is 2. The third-order valence-electron chi connectivity index (χ3n) is 1.25. The summed E-state index contributed by atoms with van der Waals surface area (Å²) < 4.78 is 0. The Morgan fingerprint density at radius 1 is 1.55 bits per heavy atom. The number of aromatic nitrogens is 1. The van der Waals surface area contributed by atoms with Gasteiger partial charge in [0, 0.05) is 0 Å². The van der Waals surface area contributed by atoms with Crippen LogP contribution >= 0.6 is 23.2 Å². The van der Waals surface area contributed by atoms with Gasteiger partial charge < -0.3 is 0 Å². The Kier molecular flexibility index (Phi) is 2.38. The summed E-state index contributed by atoms with van der Waals surface area (Å²) in [6.45, 7) is 0. The molecule has 1 aromatic rings. The number of rotatable bonds is 0. The summed E-state index contributed by atoms with van der Waals surface area (Å²) in [5, 5.41) is 9.05. The molecule has 0 fully saturated rings. The Morgan fingerprint density at radius 3 is 2.64 bits per heavy atom. The molecule has 54 valence electrons. The highest BCUT2D eigenvalue weighted by atomic mass is 35.5. The minimum absolute atomic E-state index is 0.164. The summed E-state index contributed by atoms with van der Waals surface area (Å²) in [6.07, 6.45) is 0. The molecule has 5 heteroatoms. The molecule has 1 aromatic heterocycles. The van der Waals surface area contributed by atoms with Crippen LogP contribution in [0.15, 0.2) is 6.07 Å². The molecular formula is C6H3BCl2N2. The fourth-order valence-corrected chi connectivity index (χ4v) is 1.30. The molecule has 0 unspecified atom stereocenters. The summed E-state index contributed by atoms with van der Waals surface area (Å²) in [5.74, 6) is 0. The van der Waals surface area contributed by atoms with Gasteiger partial charge in [0.2, 0.25) is 0 Å². The molecule has 0 aliphatic heterocycles. The van der Waals surface area contributed by atoms with Crippen molar-refractivity contribution in [2.24, 2.45) is 0 Å². The zero-order valence-corrected chi connectivity index (χ0v) is 7.24. The molecule has 0 N–H and O–H groups in total. The van der Waals surface area contributed by atoms with Gasteiger partial charge in [0.15, 0.2) is 0 Å². The first-order valence-electron chi connectivity index (χ1n) is 2.88. The van der Waals surface area contributed by atoms with Crippen molar-refractivity contribution in [3.8, 4) is 6.07 Å². The Bertz CT molecular complexity index is 309. The summed E-state index contributed by atoms with van der Waals surface area (Å²) in [5.41, 5.74) is 1.13. The molecule has 0 saturated carbocycles. The molecule has 0 atom stereocenters. The lowest BCUT2D eigenvalue weighted by Gasteiger charge is -1.98. The van der Waals surface area contributed by atoms with E-state index < -0.39 is 0 Å². The van der Waals surface area contributed by atoms with E-state index in [9.17, 15) is 0 Å². The van der Waals surface area contributed by atoms with Crippen molar-refractivity contribution in [2.45, 2.75) is 0 Å². The number of nitrogens with zero attached hydrogens (tertiary/aromatic N) is 2. The molecule has 1 rings (SSSR count). The Morgan fingerprint density at radius 2 is 2.18 bits per heavy atom. The van der Waals surface area contributed by atoms with Gasteiger partial charge >= 0.3 is 0 Å². The molecule has 0 radical (unpaired) electrons. The van der Waals surface area contributed by atoms with E-state index in [2.05, 4.69) is 4.98 Å². The molecule has 1 heterocycles. The van der Waals surface area contributed by atoms with Crippen molar-refractivity contribution >= 4 is 36.5 Å². The lowest BCUT2D eigenvalue weighted by molar-refractivity contribution is 1.32. The monoisotopic (exact) mass is 184 g/mol. The van der Waals surface area contributed by atoms with E-state index in [0.717, 1.165) is 5.46 Å². The standard InChI is InChI=1S/C6H3BCl2N2/c7-4-1-5(8)11-6(9)3(4)2-10/h1H,7H2. The van der Waals surface area contributed by atoms with Crippen molar-refractivity contribution in [2.75, 3.05) is 0 Å². The second kappa shape index (κ2) is 3.12. The van der Waals surface area contributed by atoms with Crippen molar-refractivity contribution in [3.05, 3.63) is 21.9 Å². The molecule has 0 spiro atoms. The molecule has 0 saturated heterocycles. The predicted octanol–water partition coefficient (Wildman–Crippen LogP) is 0.518. The maximum atomic E-state index is 8.57. The highest BCUT2D eigenvalue weighted by Crippen LogP contribution is 2.12. The van der Waals surface area contributed by atoms with Crippen LogP contribution < -0.4 is 5.46 Å². The van der Waals surface area contributed by atoms with Gasteiger partial charge in [-0.2, -0.15) is 5.26 Å². The van der Waals surface area contributed by atoms with E-state index in [1.165, 1.54) is 0 Å². The van der Waals surface area contributed by atoms with E-state index in [0.29, 0.717) is 10.7 Å². The van der Waals surface area contributed by atoms with E-state index >= 15 is 0 Å². The zero-order valence-electron chi connectivity index (χ0n) is 5.73. The maximum Gasteiger partial charge on any atom is 0.147 e. The fourth-order valence-electron chi connectivity index (χ4n) is 0.730. The van der Waals surface area contributed by atoms with Crippen LogP contribution in [0, 0.1) is 11.3 Å². The topological polar surface area (TPSA) is 36.7 Å². The number of hydrogen-bond donors (Lipinski definition) is 0. The first kappa shape index (κ1) is 8.38. The Balaban J connectivity index is 3.40. The molecule has 0 aromatic carbocycles. The molecule has 0 aliphatic rings. The maximum absolute atomic E-state index is 8.57. The Hall–Kier alpha value is -0.715. The van der Waals surface area contributed by atoms with E-state index in [4.69, 9.17) is 28.5 Å². The van der Waals surface area contributed by atoms with Crippen LogP contribution in [0.4, 0.5) is 0 Å². The summed E-state index contributed by atoms with van der Waals surface area (Å²) in [6, 6.07) is 3.54. The number of nitriles is 1. The molecule has 11 heavy (non-hydrogen) atoms. The van der Waals surface area contributed by atoms with Gasteiger partial charge in [-0.15, -0.1) is 0 Å². The summed E-state index contributed by atoms with van der Waals surface area (Å²) in [4.78, 5) is 3.71. The molecule has 0 aliphatic carbocycles. The van der Waals surface area contributed by atoms with Crippen LogP contribution in [0.5, 0.6) is 0 Å². The van der Waals surface area contributed by atoms with Crippen molar-refractivity contribution in [3.63, 3.8) is 0 Å². The Labute approximate surface area is 75.2 Å². The van der Waals surface area contributed by atoms with E-state index in [-0.39, 0.29) is 5.15 Å². The third kappa shape index (κ3) is 1.65. The lowest BCUT2D eigenvalue weighted by atomic mass is 9.93. The number of hydrogen-bond acceptors (Lipinski definition) is 2. The van der Waals surface area contributed by atoms with Gasteiger partial charge in [-0.05, 0) is 6.07 Å². The first-order valence-corrected chi connectivity index (χ1v) is 3.63. The van der Waals surface area contributed by atoms with Gasteiger partial charge in [0.05, 0.1) is 5.56 Å². The average Bonchev–Trinajstić information content (AvgIpc) is 1.85. The van der Waals surface area contributed by atoms with Crippen LogP contribution in [0.1, 0.15) is 5.56 Å². The minimum Gasteiger partial charge on any atom is -0.223 e. The zero-order chi connectivity index (χ0) is 8.43. The molecule has 2 nitrogen and oxygen atoms in total. The SMILES string of the molecule is Bc1cc(Cl)nc(Cl)c1C#N. The second-order valence-corrected chi connectivity index (χ2v) is 2.78. The smallest absolute Gasteiger partial charge is 0.147 e. The van der Waals surface area contributed by atoms with E-state index in [1.807, 2.05) is 6.07 Å². The summed E-state index contributed by atoms with van der Waals surface area (Å²) >= 11 is 11.2. The van der Waals surface area contributed by atoms with E-state index in [1.54, 1.807) is 13.9 Å². The van der Waals surface area contributed by atoms with Crippen molar-refractivity contribution in [1.29, 1.82) is 5.26 Å². The molecular weight excluding hydrogens is 182 g/mol. The quantitative estimate of drug-likeness (QED) is 0.436. The number of pyridine rings is 1. The first-order chi connectivity index (χ1) is 5.15.